The van der Waals surface area contributed by atoms with E-state index in [1.54, 1.807) is 12.4 Å². The number of pyridine rings is 1. The van der Waals surface area contributed by atoms with E-state index in [-0.39, 0.29) is 0 Å². The van der Waals surface area contributed by atoms with Crippen LogP contribution in [0.5, 0.6) is 5.75 Å². The third-order valence-electron chi connectivity index (χ3n) is 2.05. The summed E-state index contributed by atoms with van der Waals surface area (Å²) in [5.74, 6) is 1.71. The third kappa shape index (κ3) is 4.72. The van der Waals surface area contributed by atoms with Crippen molar-refractivity contribution in [3.8, 4) is 5.75 Å². The van der Waals surface area contributed by atoms with E-state index in [0.717, 1.165) is 11.7 Å². The van der Waals surface area contributed by atoms with Gasteiger partial charge in [-0.05, 0) is 12.1 Å². The molecular formula is C12H20N4O. The second-order valence-electron chi connectivity index (χ2n) is 4.01. The molecule has 0 amide bonds. The summed E-state index contributed by atoms with van der Waals surface area (Å²) in [6.45, 7) is 1.18. The Kier molecular flexibility index (Phi) is 5.26. The van der Waals surface area contributed by atoms with E-state index >= 15 is 0 Å². The molecule has 94 valence electrons. The SMILES string of the molecule is CN(C)C(=NCCOc1cccnc1)N(C)C. The van der Waals surface area contributed by atoms with Crippen molar-refractivity contribution >= 4 is 5.96 Å². The van der Waals surface area contributed by atoms with E-state index in [1.165, 1.54) is 0 Å². The van der Waals surface area contributed by atoms with Crippen molar-refractivity contribution in [1.82, 2.24) is 14.8 Å². The molecule has 1 heterocycles. The molecule has 0 radical (unpaired) electrons. The number of aliphatic imine (C=N–C) groups is 1. The summed E-state index contributed by atoms with van der Waals surface area (Å²) < 4.78 is 5.51. The minimum atomic E-state index is 0.552. The molecule has 0 N–H and O–H groups in total. The Bertz CT molecular complexity index is 339. The maximum atomic E-state index is 5.51. The molecule has 1 aromatic rings. The van der Waals surface area contributed by atoms with Crippen LogP contribution >= 0.6 is 0 Å². The van der Waals surface area contributed by atoms with Gasteiger partial charge < -0.3 is 14.5 Å². The molecule has 0 aromatic carbocycles. The van der Waals surface area contributed by atoms with Crippen LogP contribution in [0.1, 0.15) is 0 Å². The smallest absolute Gasteiger partial charge is 0.195 e. The van der Waals surface area contributed by atoms with E-state index in [0.29, 0.717) is 13.2 Å². The minimum absolute atomic E-state index is 0.552. The van der Waals surface area contributed by atoms with Crippen LogP contribution in [0.25, 0.3) is 0 Å². The zero-order valence-electron chi connectivity index (χ0n) is 10.9. The van der Waals surface area contributed by atoms with Crippen molar-refractivity contribution < 1.29 is 4.74 Å². The highest BCUT2D eigenvalue weighted by molar-refractivity contribution is 5.79. The molecule has 0 atom stereocenters. The van der Waals surface area contributed by atoms with Crippen LogP contribution in [0.2, 0.25) is 0 Å². The van der Waals surface area contributed by atoms with Crippen LogP contribution in [0.15, 0.2) is 29.5 Å². The van der Waals surface area contributed by atoms with E-state index in [2.05, 4.69) is 9.98 Å². The molecular weight excluding hydrogens is 216 g/mol. The topological polar surface area (TPSA) is 41.0 Å². The first kappa shape index (κ1) is 13.3. The van der Waals surface area contributed by atoms with Gasteiger partial charge in [-0.2, -0.15) is 0 Å². The Hall–Kier alpha value is -1.78. The average molecular weight is 236 g/mol. The fourth-order valence-electron chi connectivity index (χ4n) is 1.42. The van der Waals surface area contributed by atoms with Crippen LogP contribution in [0, 0.1) is 0 Å². The summed E-state index contributed by atoms with van der Waals surface area (Å²) in [7, 11) is 7.89. The lowest BCUT2D eigenvalue weighted by atomic mass is 10.5. The Labute approximate surface area is 103 Å². The van der Waals surface area contributed by atoms with Crippen molar-refractivity contribution in [3.63, 3.8) is 0 Å². The molecule has 0 aliphatic carbocycles. The second-order valence-corrected chi connectivity index (χ2v) is 4.01. The molecule has 0 saturated heterocycles. The molecule has 0 saturated carbocycles. The summed E-state index contributed by atoms with van der Waals surface area (Å²) in [4.78, 5) is 12.4. The summed E-state index contributed by atoms with van der Waals surface area (Å²) in [6.07, 6.45) is 3.42. The van der Waals surface area contributed by atoms with E-state index < -0.39 is 0 Å². The Balaban J connectivity index is 2.38. The van der Waals surface area contributed by atoms with E-state index in [4.69, 9.17) is 4.74 Å². The number of hydrogen-bond donors (Lipinski definition) is 0. The third-order valence-corrected chi connectivity index (χ3v) is 2.05. The molecule has 0 unspecified atom stereocenters. The number of aromatic nitrogens is 1. The van der Waals surface area contributed by atoms with Gasteiger partial charge in [0.2, 0.25) is 0 Å². The van der Waals surface area contributed by atoms with Gasteiger partial charge in [0.1, 0.15) is 12.4 Å². The molecule has 0 bridgehead atoms. The fourth-order valence-corrected chi connectivity index (χ4v) is 1.42. The maximum absolute atomic E-state index is 5.51. The van der Waals surface area contributed by atoms with Crippen molar-refractivity contribution in [2.75, 3.05) is 41.3 Å². The van der Waals surface area contributed by atoms with E-state index in [1.807, 2.05) is 50.1 Å². The molecule has 1 rings (SSSR count). The summed E-state index contributed by atoms with van der Waals surface area (Å²) in [5, 5.41) is 0. The van der Waals surface area contributed by atoms with Gasteiger partial charge in [-0.3, -0.25) is 4.98 Å². The lowest BCUT2D eigenvalue weighted by Gasteiger charge is -2.22. The lowest BCUT2D eigenvalue weighted by Crippen LogP contribution is -2.35. The average Bonchev–Trinajstić information content (AvgIpc) is 2.29. The molecule has 1 aromatic heterocycles. The Morgan fingerprint density at radius 3 is 2.53 bits per heavy atom. The molecule has 0 fully saturated rings. The normalized spacial score (nSPS) is 9.65. The van der Waals surface area contributed by atoms with Crippen LogP contribution < -0.4 is 4.74 Å². The highest BCUT2D eigenvalue weighted by Gasteiger charge is 2.02. The van der Waals surface area contributed by atoms with Crippen LogP contribution in [-0.2, 0) is 0 Å². The van der Waals surface area contributed by atoms with Gasteiger partial charge in [0.25, 0.3) is 0 Å². The predicted octanol–water partition coefficient (Wildman–Crippen LogP) is 0.940. The number of hydrogen-bond acceptors (Lipinski definition) is 3. The van der Waals surface area contributed by atoms with Crippen molar-refractivity contribution in [1.29, 1.82) is 0 Å². The van der Waals surface area contributed by atoms with Crippen LogP contribution in [0.4, 0.5) is 0 Å². The van der Waals surface area contributed by atoms with E-state index in [9.17, 15) is 0 Å². The summed E-state index contributed by atoms with van der Waals surface area (Å²) in [6, 6.07) is 3.74. The van der Waals surface area contributed by atoms with Gasteiger partial charge in [0, 0.05) is 34.4 Å². The monoisotopic (exact) mass is 236 g/mol. The Morgan fingerprint density at radius 1 is 1.29 bits per heavy atom. The van der Waals surface area contributed by atoms with Gasteiger partial charge in [-0.25, -0.2) is 4.99 Å². The first-order valence-electron chi connectivity index (χ1n) is 5.53. The van der Waals surface area contributed by atoms with Crippen molar-refractivity contribution in [2.24, 2.45) is 4.99 Å². The Morgan fingerprint density at radius 2 is 2.00 bits per heavy atom. The quantitative estimate of drug-likeness (QED) is 0.443. The number of rotatable bonds is 4. The van der Waals surface area contributed by atoms with Crippen molar-refractivity contribution in [2.45, 2.75) is 0 Å². The lowest BCUT2D eigenvalue weighted by molar-refractivity contribution is 0.325. The standard InChI is InChI=1S/C12H20N4O/c1-15(2)12(16(3)4)14-8-9-17-11-6-5-7-13-10-11/h5-7,10H,8-9H2,1-4H3. The van der Waals surface area contributed by atoms with Gasteiger partial charge in [-0.1, -0.05) is 0 Å². The first-order valence-corrected chi connectivity index (χ1v) is 5.53. The zero-order valence-corrected chi connectivity index (χ0v) is 10.9. The maximum Gasteiger partial charge on any atom is 0.195 e. The molecule has 0 spiro atoms. The van der Waals surface area contributed by atoms with Gasteiger partial charge in [-0.15, -0.1) is 0 Å². The van der Waals surface area contributed by atoms with Crippen LogP contribution in [-0.4, -0.2) is 62.1 Å². The number of guanidine groups is 1. The van der Waals surface area contributed by atoms with Gasteiger partial charge in [0.05, 0.1) is 12.7 Å². The van der Waals surface area contributed by atoms with Crippen molar-refractivity contribution in [3.05, 3.63) is 24.5 Å². The highest BCUT2D eigenvalue weighted by Crippen LogP contribution is 2.05. The first-order chi connectivity index (χ1) is 8.11. The molecule has 17 heavy (non-hydrogen) atoms. The molecule has 0 aliphatic rings. The summed E-state index contributed by atoms with van der Waals surface area (Å²) >= 11 is 0. The van der Waals surface area contributed by atoms with Crippen LogP contribution in [0.3, 0.4) is 0 Å². The largest absolute Gasteiger partial charge is 0.490 e. The molecule has 5 nitrogen and oxygen atoms in total. The highest BCUT2D eigenvalue weighted by atomic mass is 16.5. The number of ether oxygens (including phenoxy) is 1. The zero-order chi connectivity index (χ0) is 12.7. The minimum Gasteiger partial charge on any atom is -0.490 e. The molecule has 5 heteroatoms. The molecule has 0 aliphatic heterocycles. The van der Waals surface area contributed by atoms with Gasteiger partial charge >= 0.3 is 0 Å². The number of nitrogens with zero attached hydrogens (tertiary/aromatic N) is 4. The fraction of sp³-hybridized carbons (Fsp3) is 0.500. The van der Waals surface area contributed by atoms with Gasteiger partial charge in [0.15, 0.2) is 5.96 Å². The predicted molar refractivity (Wildman–Crippen MR) is 69.4 cm³/mol. The summed E-state index contributed by atoms with van der Waals surface area (Å²) in [5.41, 5.74) is 0. The second kappa shape index (κ2) is 6.73.